The van der Waals surface area contributed by atoms with Crippen LogP contribution in [0.15, 0.2) is 12.1 Å². The summed E-state index contributed by atoms with van der Waals surface area (Å²) in [6.07, 6.45) is 6.32. The Hall–Kier alpha value is -1.37. The monoisotopic (exact) mass is 394 g/mol. The molecule has 1 saturated heterocycles. The summed E-state index contributed by atoms with van der Waals surface area (Å²) in [6, 6.07) is 3.63. The molecule has 5 nitrogen and oxygen atoms in total. The maximum absolute atomic E-state index is 13.2. The lowest BCUT2D eigenvalue weighted by Gasteiger charge is -2.25. The van der Waals surface area contributed by atoms with Crippen LogP contribution in [0.1, 0.15) is 38.5 Å². The van der Waals surface area contributed by atoms with Crippen molar-refractivity contribution in [2.24, 2.45) is 5.92 Å². The molecule has 140 valence electrons. The van der Waals surface area contributed by atoms with Gasteiger partial charge in [-0.25, -0.2) is 4.98 Å². The van der Waals surface area contributed by atoms with Crippen LogP contribution in [0.4, 0.5) is 5.13 Å². The van der Waals surface area contributed by atoms with Gasteiger partial charge in [0.05, 0.1) is 29.5 Å². The molecule has 1 saturated carbocycles. The molecule has 7 heteroatoms. The molecule has 2 fully saturated rings. The van der Waals surface area contributed by atoms with E-state index in [4.69, 9.17) is 26.1 Å². The van der Waals surface area contributed by atoms with Crippen LogP contribution in [0.25, 0.3) is 10.2 Å². The van der Waals surface area contributed by atoms with Gasteiger partial charge in [-0.15, -0.1) is 0 Å². The summed E-state index contributed by atoms with van der Waals surface area (Å²) >= 11 is 7.83. The summed E-state index contributed by atoms with van der Waals surface area (Å²) in [5.41, 5.74) is 0.719. The minimum absolute atomic E-state index is 0.0877. The summed E-state index contributed by atoms with van der Waals surface area (Å²) in [6.45, 7) is 1.34. The van der Waals surface area contributed by atoms with Crippen LogP contribution < -0.4 is 9.64 Å². The zero-order chi connectivity index (χ0) is 18.1. The van der Waals surface area contributed by atoms with E-state index in [-0.39, 0.29) is 17.9 Å². The number of rotatable bonds is 5. The molecule has 1 amide bonds. The third-order valence-corrected chi connectivity index (χ3v) is 6.82. The number of halogens is 1. The minimum Gasteiger partial charge on any atom is -0.494 e. The summed E-state index contributed by atoms with van der Waals surface area (Å²) in [7, 11) is 1.62. The van der Waals surface area contributed by atoms with Crippen LogP contribution in [-0.4, -0.2) is 37.3 Å². The maximum atomic E-state index is 13.2. The Balaban J connectivity index is 1.71. The predicted molar refractivity (Wildman–Crippen MR) is 104 cm³/mol. The SMILES string of the molecule is COc1ccc(Cl)c2sc(N(CC3CCCO3)C(=O)C3CCCC3)nc12. The standard InChI is InChI=1S/C19H23ClN2O3S/c1-24-15-9-8-14(20)17-16(15)21-19(26-17)22(11-13-7-4-10-25-13)18(23)12-5-2-3-6-12/h8-9,12-13H,2-7,10-11H2,1H3. The van der Waals surface area contributed by atoms with Gasteiger partial charge in [-0.05, 0) is 37.8 Å². The van der Waals surface area contributed by atoms with Gasteiger partial charge in [-0.3, -0.25) is 9.69 Å². The number of amides is 1. The van der Waals surface area contributed by atoms with Gasteiger partial charge in [0.2, 0.25) is 5.91 Å². The molecule has 26 heavy (non-hydrogen) atoms. The Bertz CT molecular complexity index is 797. The van der Waals surface area contributed by atoms with E-state index in [9.17, 15) is 4.79 Å². The maximum Gasteiger partial charge on any atom is 0.231 e. The highest BCUT2D eigenvalue weighted by atomic mass is 35.5. The van der Waals surface area contributed by atoms with E-state index in [0.717, 1.165) is 55.3 Å². The van der Waals surface area contributed by atoms with Crippen LogP contribution in [0.2, 0.25) is 5.02 Å². The number of benzene rings is 1. The Labute approximate surface area is 162 Å². The van der Waals surface area contributed by atoms with Crippen molar-refractivity contribution in [3.05, 3.63) is 17.2 Å². The Morgan fingerprint density at radius 1 is 1.35 bits per heavy atom. The quantitative estimate of drug-likeness (QED) is 0.740. The smallest absolute Gasteiger partial charge is 0.231 e. The first-order valence-corrected chi connectivity index (χ1v) is 10.4. The third kappa shape index (κ3) is 3.42. The van der Waals surface area contributed by atoms with Gasteiger partial charge in [-0.2, -0.15) is 0 Å². The van der Waals surface area contributed by atoms with Gasteiger partial charge >= 0.3 is 0 Å². The highest BCUT2D eigenvalue weighted by molar-refractivity contribution is 7.23. The number of ether oxygens (including phenoxy) is 2. The first-order chi connectivity index (χ1) is 12.7. The van der Waals surface area contributed by atoms with Crippen molar-refractivity contribution in [3.63, 3.8) is 0 Å². The van der Waals surface area contributed by atoms with Crippen molar-refractivity contribution in [1.29, 1.82) is 0 Å². The number of carbonyl (C=O) groups excluding carboxylic acids is 1. The molecular weight excluding hydrogens is 372 g/mol. The van der Waals surface area contributed by atoms with Crippen molar-refractivity contribution in [1.82, 2.24) is 4.98 Å². The second-order valence-corrected chi connectivity index (χ2v) is 8.37. The van der Waals surface area contributed by atoms with E-state index in [0.29, 0.717) is 22.4 Å². The molecule has 1 aliphatic heterocycles. The fraction of sp³-hybridized carbons (Fsp3) is 0.579. The lowest BCUT2D eigenvalue weighted by Crippen LogP contribution is -2.40. The van der Waals surface area contributed by atoms with Crippen molar-refractivity contribution < 1.29 is 14.3 Å². The molecule has 1 aromatic heterocycles. The minimum atomic E-state index is 0.0877. The van der Waals surface area contributed by atoms with E-state index in [1.165, 1.54) is 11.3 Å². The first kappa shape index (κ1) is 18.0. The van der Waals surface area contributed by atoms with E-state index in [2.05, 4.69) is 0 Å². The summed E-state index contributed by atoms with van der Waals surface area (Å²) in [5.74, 6) is 0.949. The predicted octanol–water partition coefficient (Wildman–Crippen LogP) is 4.66. The van der Waals surface area contributed by atoms with Crippen LogP contribution in [0.3, 0.4) is 0 Å². The number of methoxy groups -OCH3 is 1. The molecule has 0 bridgehead atoms. The molecule has 1 atom stereocenters. The largest absolute Gasteiger partial charge is 0.494 e. The van der Waals surface area contributed by atoms with Gasteiger partial charge in [-0.1, -0.05) is 35.8 Å². The topological polar surface area (TPSA) is 51.7 Å². The zero-order valence-corrected chi connectivity index (χ0v) is 16.4. The number of nitrogens with zero attached hydrogens (tertiary/aromatic N) is 2. The van der Waals surface area contributed by atoms with E-state index in [1.807, 2.05) is 17.0 Å². The molecule has 1 aliphatic carbocycles. The average Bonchev–Trinajstić information content (AvgIpc) is 3.40. The molecule has 2 heterocycles. The van der Waals surface area contributed by atoms with E-state index >= 15 is 0 Å². The fourth-order valence-corrected chi connectivity index (χ4v) is 5.14. The number of thiazole rings is 1. The van der Waals surface area contributed by atoms with Gasteiger partial charge in [0, 0.05) is 12.5 Å². The summed E-state index contributed by atoms with van der Waals surface area (Å²) < 4.78 is 12.1. The number of hydrogen-bond donors (Lipinski definition) is 0. The number of hydrogen-bond acceptors (Lipinski definition) is 5. The Kier molecular flexibility index (Phi) is 5.34. The highest BCUT2D eigenvalue weighted by Gasteiger charge is 2.32. The van der Waals surface area contributed by atoms with Crippen molar-refractivity contribution in [2.45, 2.75) is 44.6 Å². The molecule has 1 unspecified atom stereocenters. The van der Waals surface area contributed by atoms with E-state index < -0.39 is 0 Å². The summed E-state index contributed by atoms with van der Waals surface area (Å²) in [5, 5.41) is 1.33. The van der Waals surface area contributed by atoms with Gasteiger partial charge in [0.1, 0.15) is 11.3 Å². The molecule has 0 spiro atoms. The second kappa shape index (κ2) is 7.71. The Morgan fingerprint density at radius 2 is 2.15 bits per heavy atom. The molecule has 0 N–H and O–H groups in total. The lowest BCUT2D eigenvalue weighted by molar-refractivity contribution is -0.122. The van der Waals surface area contributed by atoms with Crippen LogP contribution in [0, 0.1) is 5.92 Å². The van der Waals surface area contributed by atoms with Crippen LogP contribution >= 0.6 is 22.9 Å². The number of carbonyl (C=O) groups is 1. The van der Waals surface area contributed by atoms with Crippen molar-refractivity contribution in [2.75, 3.05) is 25.2 Å². The van der Waals surface area contributed by atoms with Crippen LogP contribution in [-0.2, 0) is 9.53 Å². The molecule has 4 rings (SSSR count). The lowest BCUT2D eigenvalue weighted by atomic mass is 10.1. The molecular formula is C19H23ClN2O3S. The van der Waals surface area contributed by atoms with Crippen molar-refractivity contribution in [3.8, 4) is 5.75 Å². The third-order valence-electron chi connectivity index (χ3n) is 5.28. The molecule has 2 aromatic rings. The highest BCUT2D eigenvalue weighted by Crippen LogP contribution is 2.40. The molecule has 0 radical (unpaired) electrons. The average molecular weight is 395 g/mol. The number of aromatic nitrogens is 1. The number of fused-ring (bicyclic) bond motifs is 1. The number of anilines is 1. The first-order valence-electron chi connectivity index (χ1n) is 9.23. The molecule has 2 aliphatic rings. The zero-order valence-electron chi connectivity index (χ0n) is 14.9. The fourth-order valence-electron chi connectivity index (χ4n) is 3.87. The van der Waals surface area contributed by atoms with E-state index in [1.54, 1.807) is 7.11 Å². The normalized spacial score (nSPS) is 20.8. The van der Waals surface area contributed by atoms with Crippen LogP contribution in [0.5, 0.6) is 5.75 Å². The van der Waals surface area contributed by atoms with Gasteiger partial charge in [0.25, 0.3) is 0 Å². The second-order valence-electron chi connectivity index (χ2n) is 6.99. The summed E-state index contributed by atoms with van der Waals surface area (Å²) in [4.78, 5) is 19.8. The van der Waals surface area contributed by atoms with Gasteiger partial charge < -0.3 is 9.47 Å². The Morgan fingerprint density at radius 3 is 2.85 bits per heavy atom. The van der Waals surface area contributed by atoms with Gasteiger partial charge in [0.15, 0.2) is 5.13 Å². The van der Waals surface area contributed by atoms with Crippen molar-refractivity contribution >= 4 is 44.2 Å². The molecule has 1 aromatic carbocycles.